The van der Waals surface area contributed by atoms with Crippen LogP contribution in [-0.4, -0.2) is 48.1 Å². The van der Waals surface area contributed by atoms with Crippen LogP contribution in [0.2, 0.25) is 0 Å². The van der Waals surface area contributed by atoms with Crippen molar-refractivity contribution < 1.29 is 54.9 Å². The van der Waals surface area contributed by atoms with Gasteiger partial charge in [0.2, 0.25) is 0 Å². The standard InChI is InChI=1S/C29H36F6O6/c1-17(36)39-23-14-20(15-24(16-23)40-18(2)37)7-8-21-6-5-12-26(4)22(9-10-25(21)26)11-13-27(28(30,31)32,29(33,34)35)41-19(3)38/h7-9,23-25H,5-6,10-16H2,1-4H3/b20-7?,21-8+/t23-,24?,25?,26-/m1/s1. The van der Waals surface area contributed by atoms with Gasteiger partial charge in [-0.2, -0.15) is 26.3 Å². The summed E-state index contributed by atoms with van der Waals surface area (Å²) in [6.45, 7) is 4.99. The van der Waals surface area contributed by atoms with Crippen LogP contribution >= 0.6 is 0 Å². The second-order valence-corrected chi connectivity index (χ2v) is 11.4. The van der Waals surface area contributed by atoms with Crippen LogP contribution in [0.5, 0.6) is 0 Å². The lowest BCUT2D eigenvalue weighted by Crippen LogP contribution is -2.59. The average Bonchev–Trinajstić information content (AvgIpc) is 3.14. The average molecular weight is 595 g/mol. The van der Waals surface area contributed by atoms with E-state index < -0.39 is 66.3 Å². The first-order chi connectivity index (χ1) is 18.9. The molecule has 2 saturated carbocycles. The Morgan fingerprint density at radius 3 is 1.98 bits per heavy atom. The number of carbonyl (C=O) groups excluding carboxylic acids is 3. The number of halogens is 6. The molecule has 0 aromatic carbocycles. The summed E-state index contributed by atoms with van der Waals surface area (Å²) in [6, 6.07) is 0. The molecule has 2 unspecified atom stereocenters. The summed E-state index contributed by atoms with van der Waals surface area (Å²) in [7, 11) is 0. The number of carbonyl (C=O) groups is 3. The molecule has 0 aromatic heterocycles. The summed E-state index contributed by atoms with van der Waals surface area (Å²) in [5.74, 6) is -2.66. The van der Waals surface area contributed by atoms with E-state index in [1.165, 1.54) is 13.8 Å². The van der Waals surface area contributed by atoms with Crippen molar-refractivity contribution in [1.29, 1.82) is 0 Å². The third-order valence-electron chi connectivity index (χ3n) is 8.40. The van der Waals surface area contributed by atoms with E-state index in [0.717, 1.165) is 11.1 Å². The second kappa shape index (κ2) is 12.2. The van der Waals surface area contributed by atoms with Gasteiger partial charge in [0.15, 0.2) is 0 Å². The van der Waals surface area contributed by atoms with Gasteiger partial charge in [0.1, 0.15) is 12.2 Å². The fourth-order valence-corrected chi connectivity index (χ4v) is 6.60. The largest absolute Gasteiger partial charge is 0.462 e. The molecule has 0 heterocycles. The van der Waals surface area contributed by atoms with Gasteiger partial charge in [-0.1, -0.05) is 41.9 Å². The quantitative estimate of drug-likeness (QED) is 0.134. The van der Waals surface area contributed by atoms with Gasteiger partial charge in [0.05, 0.1) is 0 Å². The first-order valence-corrected chi connectivity index (χ1v) is 13.6. The number of hydrogen-bond donors (Lipinski definition) is 0. The zero-order valence-corrected chi connectivity index (χ0v) is 23.5. The zero-order chi connectivity index (χ0) is 30.8. The first-order valence-electron chi connectivity index (χ1n) is 13.6. The predicted molar refractivity (Wildman–Crippen MR) is 135 cm³/mol. The predicted octanol–water partition coefficient (Wildman–Crippen LogP) is 7.23. The lowest BCUT2D eigenvalue weighted by atomic mass is 9.63. The topological polar surface area (TPSA) is 78.9 Å². The number of esters is 3. The second-order valence-electron chi connectivity index (χ2n) is 11.4. The highest BCUT2D eigenvalue weighted by Gasteiger charge is 2.73. The molecule has 230 valence electrons. The van der Waals surface area contributed by atoms with Crippen LogP contribution < -0.4 is 0 Å². The summed E-state index contributed by atoms with van der Waals surface area (Å²) in [5, 5.41) is 0. The molecule has 3 aliphatic carbocycles. The van der Waals surface area contributed by atoms with Crippen molar-refractivity contribution in [2.75, 3.05) is 0 Å². The third-order valence-corrected chi connectivity index (χ3v) is 8.40. The van der Waals surface area contributed by atoms with Crippen LogP contribution in [0.15, 0.2) is 34.9 Å². The summed E-state index contributed by atoms with van der Waals surface area (Å²) in [6.07, 6.45) is -5.25. The van der Waals surface area contributed by atoms with Crippen LogP contribution in [-0.2, 0) is 28.6 Å². The molecular weight excluding hydrogens is 558 g/mol. The number of fused-ring (bicyclic) bond motifs is 1. The van der Waals surface area contributed by atoms with Gasteiger partial charge in [0.25, 0.3) is 0 Å². The minimum Gasteiger partial charge on any atom is -0.462 e. The molecule has 4 atom stereocenters. The fourth-order valence-electron chi connectivity index (χ4n) is 6.60. The van der Waals surface area contributed by atoms with Gasteiger partial charge in [-0.25, -0.2) is 0 Å². The van der Waals surface area contributed by atoms with E-state index in [1.54, 1.807) is 6.08 Å². The normalized spacial score (nSPS) is 29.1. The molecule has 0 aliphatic heterocycles. The van der Waals surface area contributed by atoms with Gasteiger partial charge < -0.3 is 14.2 Å². The van der Waals surface area contributed by atoms with Crippen molar-refractivity contribution in [2.24, 2.45) is 11.3 Å². The van der Waals surface area contributed by atoms with Crippen LogP contribution in [0.25, 0.3) is 0 Å². The molecule has 3 rings (SSSR count). The molecular formula is C29H36F6O6. The van der Waals surface area contributed by atoms with Gasteiger partial charge in [-0.05, 0) is 43.4 Å². The Kier molecular flexibility index (Phi) is 9.75. The highest BCUT2D eigenvalue weighted by Crippen LogP contribution is 2.57. The van der Waals surface area contributed by atoms with Gasteiger partial charge in [0, 0.05) is 46.5 Å². The van der Waals surface area contributed by atoms with Crippen molar-refractivity contribution in [3.05, 3.63) is 34.9 Å². The molecule has 6 nitrogen and oxygen atoms in total. The van der Waals surface area contributed by atoms with Crippen molar-refractivity contribution >= 4 is 17.9 Å². The van der Waals surface area contributed by atoms with Crippen molar-refractivity contribution in [3.8, 4) is 0 Å². The summed E-state index contributed by atoms with van der Waals surface area (Å²) in [5.41, 5.74) is -2.81. The van der Waals surface area contributed by atoms with E-state index in [-0.39, 0.29) is 5.92 Å². The molecule has 0 N–H and O–H groups in total. The fraction of sp³-hybridized carbons (Fsp3) is 0.690. The molecule has 0 aromatic rings. The molecule has 0 saturated heterocycles. The smallest absolute Gasteiger partial charge is 0.437 e. The Morgan fingerprint density at radius 1 is 0.927 bits per heavy atom. The minimum absolute atomic E-state index is 0.111. The molecule has 0 radical (unpaired) electrons. The number of allylic oxidation sites excluding steroid dienone is 5. The van der Waals surface area contributed by atoms with Gasteiger partial charge in [-0.15, -0.1) is 0 Å². The van der Waals surface area contributed by atoms with E-state index in [2.05, 4.69) is 4.74 Å². The highest BCUT2D eigenvalue weighted by molar-refractivity contribution is 5.67. The van der Waals surface area contributed by atoms with E-state index in [4.69, 9.17) is 9.47 Å². The highest BCUT2D eigenvalue weighted by atomic mass is 19.4. The molecule has 0 spiro atoms. The molecule has 0 amide bonds. The van der Waals surface area contributed by atoms with Crippen LogP contribution in [0.3, 0.4) is 0 Å². The van der Waals surface area contributed by atoms with Crippen LogP contribution in [0.1, 0.15) is 85.5 Å². The Bertz CT molecular complexity index is 1080. The Balaban J connectivity index is 1.82. The van der Waals surface area contributed by atoms with E-state index in [0.29, 0.717) is 57.4 Å². The Morgan fingerprint density at radius 2 is 1.49 bits per heavy atom. The van der Waals surface area contributed by atoms with Crippen molar-refractivity contribution in [1.82, 2.24) is 0 Å². The maximum absolute atomic E-state index is 13.8. The Hall–Kier alpha value is -2.79. The number of alkyl halides is 6. The lowest BCUT2D eigenvalue weighted by Gasteiger charge is -2.42. The molecule has 3 aliphatic rings. The molecule has 2 fully saturated rings. The van der Waals surface area contributed by atoms with Crippen molar-refractivity contribution in [2.45, 2.75) is 116 Å². The number of ether oxygens (including phenoxy) is 3. The lowest BCUT2D eigenvalue weighted by molar-refractivity contribution is -0.371. The SMILES string of the molecule is CC(=O)OC1CC(=C/C=C2\CCC[C@]3(C)C(CCC(OC(C)=O)(C(F)(F)F)C(F)(F)F)=CCC23)C[C@@H](OC(C)=O)C1. The summed E-state index contributed by atoms with van der Waals surface area (Å²) >= 11 is 0. The van der Waals surface area contributed by atoms with E-state index in [1.807, 2.05) is 19.1 Å². The van der Waals surface area contributed by atoms with Crippen molar-refractivity contribution in [3.63, 3.8) is 0 Å². The third kappa shape index (κ3) is 7.35. The zero-order valence-electron chi connectivity index (χ0n) is 23.5. The molecule has 0 bridgehead atoms. The van der Waals surface area contributed by atoms with E-state index in [9.17, 15) is 40.7 Å². The first kappa shape index (κ1) is 32.7. The Labute approximate surface area is 235 Å². The summed E-state index contributed by atoms with van der Waals surface area (Å²) < 4.78 is 97.4. The summed E-state index contributed by atoms with van der Waals surface area (Å²) in [4.78, 5) is 34.3. The van der Waals surface area contributed by atoms with Gasteiger partial charge in [-0.3, -0.25) is 14.4 Å². The number of hydrogen-bond acceptors (Lipinski definition) is 6. The van der Waals surface area contributed by atoms with Crippen LogP contribution in [0, 0.1) is 11.3 Å². The van der Waals surface area contributed by atoms with Crippen LogP contribution in [0.4, 0.5) is 26.3 Å². The monoisotopic (exact) mass is 594 g/mol. The minimum atomic E-state index is -5.84. The maximum atomic E-state index is 13.8. The molecule has 12 heteroatoms. The maximum Gasteiger partial charge on any atom is 0.437 e. The molecule has 41 heavy (non-hydrogen) atoms. The van der Waals surface area contributed by atoms with Gasteiger partial charge >= 0.3 is 35.9 Å². The van der Waals surface area contributed by atoms with E-state index >= 15 is 0 Å². The number of rotatable bonds is 7.